The van der Waals surface area contributed by atoms with Crippen LogP contribution in [0, 0.1) is 45.3 Å². The largest absolute Gasteiger partial charge is 0.455 e. The van der Waals surface area contributed by atoms with Crippen LogP contribution in [-0.4, -0.2) is 15.0 Å². The van der Waals surface area contributed by atoms with Gasteiger partial charge in [0.15, 0.2) is 17.1 Å². The summed E-state index contributed by atoms with van der Waals surface area (Å²) in [5.74, 6) is -0.00590. The lowest BCUT2D eigenvalue weighted by atomic mass is 9.78. The minimum atomic E-state index is -0.261. The van der Waals surface area contributed by atoms with Crippen molar-refractivity contribution in [2.75, 3.05) is 0 Å². The highest BCUT2D eigenvalue weighted by molar-refractivity contribution is 7.25. The Morgan fingerprint density at radius 3 is 1.57 bits per heavy atom. The fraction of sp³-hybridized carbons (Fsp3) is 0.0563. The molecule has 0 bridgehead atoms. The molecule has 0 N–H and O–H groups in total. The van der Waals surface area contributed by atoms with Crippen molar-refractivity contribution in [3.05, 3.63) is 234 Å². The van der Waals surface area contributed by atoms with E-state index in [9.17, 15) is 21.0 Å². The molecule has 8 nitrogen and oxygen atoms in total. The van der Waals surface area contributed by atoms with Gasteiger partial charge in [-0.05, 0) is 136 Å². The number of aromatic nitrogens is 3. The van der Waals surface area contributed by atoms with Gasteiger partial charge in [-0.2, -0.15) is 21.0 Å². The van der Waals surface area contributed by atoms with Crippen molar-refractivity contribution >= 4 is 85.9 Å². The van der Waals surface area contributed by atoms with E-state index >= 15 is 0 Å². The van der Waals surface area contributed by atoms with E-state index in [1.165, 1.54) is 49.2 Å². The summed E-state index contributed by atoms with van der Waals surface area (Å²) in [5, 5.41) is 50.6. The zero-order valence-corrected chi connectivity index (χ0v) is 44.0. The standard InChI is InChI=1S/C71H41N7OS/c1-71(2,51-26-21-43(22-27-51)42-17-19-44(20-18-42)49-24-29-57-64(35-49)80-70-68(57)62(39-74)77-65(40-75)78-70)36-41-9-7-12-50(31-41)66-60(37-72)76-61(38-73)67-59-34-48(25-30-63(59)79-69(66)67)46-11-8-10-45(32-46)47-23-28-56-54-15-4-3-13-52(54)53-14-5-6-16-55(53)58(56)33-47/h3-35H,36H2,1-2H3. The van der Waals surface area contributed by atoms with Crippen LogP contribution >= 0.6 is 11.3 Å². The monoisotopic (exact) mass is 1040 g/mol. The molecule has 0 amide bonds. The van der Waals surface area contributed by atoms with E-state index in [2.05, 4.69) is 211 Å². The van der Waals surface area contributed by atoms with Gasteiger partial charge in [0.05, 0.1) is 16.3 Å². The maximum Gasteiger partial charge on any atom is 0.234 e. The molecular weight excluding hydrogens is 999 g/mol. The van der Waals surface area contributed by atoms with E-state index in [0.717, 1.165) is 71.1 Å². The SMILES string of the molecule is CC(C)(Cc1cccc(-c2c(C#N)nc(C#N)c3c2oc2ccc(-c4cccc(-c5ccc6c7ccccc7c7ccccc7c6c5)c4)cc23)c1)c1ccc(-c2ccc(-c3ccc4c(c3)sc3nc(C#N)nc(C#N)c34)cc2)cc1. The van der Waals surface area contributed by atoms with E-state index in [1.54, 1.807) is 0 Å². The predicted molar refractivity (Wildman–Crippen MR) is 322 cm³/mol. The van der Waals surface area contributed by atoms with Gasteiger partial charge in [-0.3, -0.25) is 0 Å². The lowest BCUT2D eigenvalue weighted by Crippen LogP contribution is -2.20. The Hall–Kier alpha value is -10.8. The van der Waals surface area contributed by atoms with Gasteiger partial charge in [0.25, 0.3) is 0 Å². The lowest BCUT2D eigenvalue weighted by molar-refractivity contribution is 0.522. The van der Waals surface area contributed by atoms with Gasteiger partial charge in [-0.1, -0.05) is 184 Å². The Balaban J connectivity index is 0.740. The van der Waals surface area contributed by atoms with E-state index < -0.39 is 0 Å². The van der Waals surface area contributed by atoms with Gasteiger partial charge in [0.1, 0.15) is 40.3 Å². The molecule has 0 atom stereocenters. The summed E-state index contributed by atoms with van der Waals surface area (Å²) in [6.45, 7) is 4.49. The average molecular weight is 1040 g/mol. The Bertz CT molecular complexity index is 5080. The highest BCUT2D eigenvalue weighted by atomic mass is 32.1. The van der Waals surface area contributed by atoms with Crippen molar-refractivity contribution in [3.63, 3.8) is 0 Å². The van der Waals surface area contributed by atoms with Crippen molar-refractivity contribution in [1.82, 2.24) is 15.0 Å². The van der Waals surface area contributed by atoms with Gasteiger partial charge in [-0.25, -0.2) is 15.0 Å². The van der Waals surface area contributed by atoms with Crippen molar-refractivity contribution in [3.8, 4) is 79.9 Å². The molecular formula is C71H41N7OS. The van der Waals surface area contributed by atoms with E-state index in [1.807, 2.05) is 42.5 Å². The van der Waals surface area contributed by atoms with Crippen molar-refractivity contribution in [1.29, 1.82) is 21.0 Å². The number of nitriles is 4. The number of furan rings is 1. The van der Waals surface area contributed by atoms with E-state index in [4.69, 9.17) is 4.42 Å². The van der Waals surface area contributed by atoms with Crippen molar-refractivity contribution in [2.24, 2.45) is 0 Å². The van der Waals surface area contributed by atoms with Gasteiger partial charge < -0.3 is 4.42 Å². The van der Waals surface area contributed by atoms with E-state index in [0.29, 0.717) is 38.8 Å². The molecule has 0 unspecified atom stereocenters. The number of pyridine rings is 1. The Kier molecular flexibility index (Phi) is 11.2. The van der Waals surface area contributed by atoms with Crippen molar-refractivity contribution < 1.29 is 4.42 Å². The summed E-state index contributed by atoms with van der Waals surface area (Å²) in [6, 6.07) is 78.9. The number of thiophene rings is 1. The van der Waals surface area contributed by atoms with Crippen LogP contribution in [0.15, 0.2) is 205 Å². The first-order valence-corrected chi connectivity index (χ1v) is 27.0. The van der Waals surface area contributed by atoms with Crippen LogP contribution in [0.1, 0.15) is 47.9 Å². The molecule has 14 rings (SSSR count). The molecule has 372 valence electrons. The summed E-state index contributed by atoms with van der Waals surface area (Å²) in [4.78, 5) is 13.8. The molecule has 0 radical (unpaired) electrons. The Labute approximate surface area is 463 Å². The normalized spacial score (nSPS) is 11.6. The second-order valence-electron chi connectivity index (χ2n) is 20.9. The number of benzene rings is 10. The molecule has 0 aliphatic heterocycles. The highest BCUT2D eigenvalue weighted by Gasteiger charge is 2.26. The number of fused-ring (bicyclic) bond motifs is 12. The summed E-state index contributed by atoms with van der Waals surface area (Å²) < 4.78 is 7.65. The zero-order valence-electron chi connectivity index (χ0n) is 43.2. The van der Waals surface area contributed by atoms with Crippen LogP contribution in [-0.2, 0) is 11.8 Å². The molecule has 0 aliphatic rings. The van der Waals surface area contributed by atoms with Gasteiger partial charge in [0.2, 0.25) is 5.82 Å². The molecule has 4 heterocycles. The molecule has 0 spiro atoms. The third-order valence-electron chi connectivity index (χ3n) is 15.7. The second-order valence-corrected chi connectivity index (χ2v) is 21.9. The highest BCUT2D eigenvalue weighted by Crippen LogP contribution is 2.43. The maximum absolute atomic E-state index is 10.6. The van der Waals surface area contributed by atoms with Crippen LogP contribution in [0.2, 0.25) is 0 Å². The summed E-state index contributed by atoms with van der Waals surface area (Å²) >= 11 is 1.45. The molecule has 14 aromatic rings. The molecule has 0 saturated heterocycles. The van der Waals surface area contributed by atoms with Crippen LogP contribution < -0.4 is 0 Å². The first-order chi connectivity index (χ1) is 39.2. The van der Waals surface area contributed by atoms with Crippen LogP contribution in [0.25, 0.3) is 130 Å². The predicted octanol–water partition coefficient (Wildman–Crippen LogP) is 17.9. The van der Waals surface area contributed by atoms with Crippen LogP contribution in [0.5, 0.6) is 0 Å². The average Bonchev–Trinajstić information content (AvgIpc) is 4.22. The first kappa shape index (κ1) is 47.6. The number of rotatable bonds is 8. The number of hydrogen-bond acceptors (Lipinski definition) is 9. The molecule has 10 aromatic carbocycles. The molecule has 4 aromatic heterocycles. The smallest absolute Gasteiger partial charge is 0.234 e. The molecule has 9 heteroatoms. The van der Waals surface area contributed by atoms with Crippen LogP contribution in [0.3, 0.4) is 0 Å². The van der Waals surface area contributed by atoms with Gasteiger partial charge >= 0.3 is 0 Å². The van der Waals surface area contributed by atoms with Crippen molar-refractivity contribution in [2.45, 2.75) is 25.7 Å². The molecule has 80 heavy (non-hydrogen) atoms. The zero-order chi connectivity index (χ0) is 54.2. The second kappa shape index (κ2) is 18.7. The Morgan fingerprint density at radius 1 is 0.412 bits per heavy atom. The minimum Gasteiger partial charge on any atom is -0.455 e. The molecule has 0 saturated carbocycles. The van der Waals surface area contributed by atoms with Crippen LogP contribution in [0.4, 0.5) is 0 Å². The fourth-order valence-corrected chi connectivity index (χ4v) is 12.9. The third-order valence-corrected chi connectivity index (χ3v) is 16.8. The molecule has 0 fully saturated rings. The third kappa shape index (κ3) is 7.89. The number of nitrogens with zero attached hydrogens (tertiary/aromatic N) is 7. The molecule has 0 aliphatic carbocycles. The summed E-state index contributed by atoms with van der Waals surface area (Å²) in [7, 11) is 0. The van der Waals surface area contributed by atoms with Gasteiger partial charge in [0, 0.05) is 15.5 Å². The maximum atomic E-state index is 10.6. The van der Waals surface area contributed by atoms with Gasteiger partial charge in [-0.15, -0.1) is 11.3 Å². The summed E-state index contributed by atoms with van der Waals surface area (Å²) in [6.07, 6.45) is 0.715. The van der Waals surface area contributed by atoms with E-state index in [-0.39, 0.29) is 28.3 Å². The minimum absolute atomic E-state index is 0.00590. The topological polar surface area (TPSA) is 147 Å². The first-order valence-electron chi connectivity index (χ1n) is 26.2. The Morgan fingerprint density at radius 2 is 0.925 bits per heavy atom. The summed E-state index contributed by atoms with van der Waals surface area (Å²) in [5.41, 5.74) is 13.4. The quantitative estimate of drug-likeness (QED) is 0.137. The lowest BCUT2D eigenvalue weighted by Gasteiger charge is -2.26. The fourth-order valence-electron chi connectivity index (χ4n) is 11.8. The number of hydrogen-bond donors (Lipinski definition) is 0.